The van der Waals surface area contributed by atoms with E-state index in [9.17, 15) is 9.90 Å². The Morgan fingerprint density at radius 1 is 1.38 bits per heavy atom. The number of aromatic nitrogens is 2. The van der Waals surface area contributed by atoms with Gasteiger partial charge in [-0.25, -0.2) is 4.98 Å². The molecule has 0 aliphatic rings. The Labute approximate surface area is 143 Å². The molecule has 0 atom stereocenters. The fourth-order valence-electron chi connectivity index (χ4n) is 2.51. The normalized spacial score (nSPS) is 10.9. The number of ether oxygens (including phenoxy) is 1. The minimum atomic E-state index is -0.281. The molecule has 24 heavy (non-hydrogen) atoms. The number of unbranched alkanes of at least 4 members (excludes halogenated alkanes) is 1. The lowest BCUT2D eigenvalue weighted by Crippen LogP contribution is -2.21. The van der Waals surface area contributed by atoms with Crippen LogP contribution in [0.1, 0.15) is 19.8 Å². The first-order valence-electron chi connectivity index (χ1n) is 7.83. The van der Waals surface area contributed by atoms with E-state index >= 15 is 0 Å². The van der Waals surface area contributed by atoms with E-state index < -0.39 is 0 Å². The molecule has 0 aliphatic heterocycles. The van der Waals surface area contributed by atoms with Crippen LogP contribution in [-0.2, 0) is 11.3 Å². The third-order valence-corrected chi connectivity index (χ3v) is 4.34. The van der Waals surface area contributed by atoms with E-state index in [0.29, 0.717) is 17.6 Å². The highest BCUT2D eigenvalue weighted by atomic mass is 32.1. The number of nitrogens with one attached hydrogen (secondary N) is 1. The summed E-state index contributed by atoms with van der Waals surface area (Å²) in [4.78, 5) is 16.0. The van der Waals surface area contributed by atoms with Crippen LogP contribution >= 0.6 is 11.3 Å². The number of carbonyl (C=O) groups is 1. The summed E-state index contributed by atoms with van der Waals surface area (Å²) in [5, 5.41) is 17.0. The molecule has 6 nitrogen and oxygen atoms in total. The van der Waals surface area contributed by atoms with Crippen LogP contribution in [-0.4, -0.2) is 27.2 Å². The molecule has 7 heteroatoms. The monoisotopic (exact) mass is 345 g/mol. The van der Waals surface area contributed by atoms with Crippen molar-refractivity contribution in [1.29, 1.82) is 0 Å². The zero-order valence-electron chi connectivity index (χ0n) is 13.4. The van der Waals surface area contributed by atoms with Crippen molar-refractivity contribution in [3.05, 3.63) is 35.8 Å². The van der Waals surface area contributed by atoms with E-state index in [1.54, 1.807) is 16.1 Å². The molecule has 0 unspecified atom stereocenters. The van der Waals surface area contributed by atoms with Gasteiger partial charge in [-0.15, -0.1) is 11.3 Å². The molecule has 0 spiro atoms. The van der Waals surface area contributed by atoms with Crippen LogP contribution < -0.4 is 10.1 Å². The van der Waals surface area contributed by atoms with Gasteiger partial charge < -0.3 is 9.84 Å². The zero-order chi connectivity index (χ0) is 16.9. The number of fused-ring (bicyclic) bond motifs is 1. The van der Waals surface area contributed by atoms with Gasteiger partial charge in [0.15, 0.2) is 11.7 Å². The second kappa shape index (κ2) is 7.35. The van der Waals surface area contributed by atoms with E-state index in [-0.39, 0.29) is 18.4 Å². The molecule has 0 aliphatic carbocycles. The number of rotatable bonds is 7. The molecule has 2 N–H and O–H groups in total. The van der Waals surface area contributed by atoms with Gasteiger partial charge in [-0.2, -0.15) is 0 Å². The Morgan fingerprint density at radius 3 is 2.88 bits per heavy atom. The first-order chi connectivity index (χ1) is 11.7. The molecule has 0 saturated heterocycles. The highest BCUT2D eigenvalue weighted by Gasteiger charge is 2.18. The minimum absolute atomic E-state index is 0.140. The van der Waals surface area contributed by atoms with Gasteiger partial charge in [0.25, 0.3) is 5.91 Å². The molecule has 1 aromatic carbocycles. The number of thiazole rings is 1. The van der Waals surface area contributed by atoms with Gasteiger partial charge in [0.05, 0.1) is 0 Å². The number of hydrogen-bond donors (Lipinski definition) is 2. The quantitative estimate of drug-likeness (QED) is 0.686. The lowest BCUT2D eigenvalue weighted by molar-refractivity contribution is -0.118. The van der Waals surface area contributed by atoms with Crippen molar-refractivity contribution >= 4 is 33.1 Å². The Balaban J connectivity index is 1.80. The zero-order valence-corrected chi connectivity index (χ0v) is 14.2. The maximum Gasteiger partial charge on any atom is 0.264 e. The molecule has 0 saturated carbocycles. The van der Waals surface area contributed by atoms with Crippen LogP contribution in [0.5, 0.6) is 11.8 Å². The smallest absolute Gasteiger partial charge is 0.264 e. The predicted molar refractivity (Wildman–Crippen MR) is 94.7 cm³/mol. The molecular weight excluding hydrogens is 326 g/mol. The average molecular weight is 345 g/mol. The fraction of sp³-hybridized carbons (Fsp3) is 0.294. The maximum absolute atomic E-state index is 12.0. The summed E-state index contributed by atoms with van der Waals surface area (Å²) in [6.45, 7) is 2.59. The third-order valence-electron chi connectivity index (χ3n) is 3.65. The van der Waals surface area contributed by atoms with Gasteiger partial charge in [0.2, 0.25) is 11.8 Å². The third kappa shape index (κ3) is 3.35. The number of benzene rings is 1. The molecule has 0 bridgehead atoms. The van der Waals surface area contributed by atoms with Gasteiger partial charge in [0.1, 0.15) is 0 Å². The van der Waals surface area contributed by atoms with Crippen LogP contribution in [0, 0.1) is 0 Å². The van der Waals surface area contributed by atoms with E-state index in [1.807, 2.05) is 24.3 Å². The predicted octanol–water partition coefficient (Wildman–Crippen LogP) is 3.62. The lowest BCUT2D eigenvalue weighted by atomic mass is 10.2. The SMILES string of the molecule is CCCCn1c(O)c2ccccc2c1OCC(=O)Nc1nccs1. The van der Waals surface area contributed by atoms with Crippen molar-refractivity contribution in [3.63, 3.8) is 0 Å². The van der Waals surface area contributed by atoms with E-state index in [1.165, 1.54) is 11.3 Å². The van der Waals surface area contributed by atoms with Crippen molar-refractivity contribution in [2.75, 3.05) is 11.9 Å². The Bertz CT molecular complexity index is 827. The Morgan fingerprint density at radius 2 is 2.17 bits per heavy atom. The Kier molecular flexibility index (Phi) is 5.00. The van der Waals surface area contributed by atoms with Crippen LogP contribution in [0.4, 0.5) is 5.13 Å². The number of amides is 1. The Hall–Kier alpha value is -2.54. The van der Waals surface area contributed by atoms with Gasteiger partial charge in [-0.05, 0) is 18.6 Å². The molecule has 0 radical (unpaired) electrons. The molecule has 2 aromatic heterocycles. The van der Waals surface area contributed by atoms with Crippen molar-refractivity contribution in [1.82, 2.24) is 9.55 Å². The van der Waals surface area contributed by atoms with E-state index in [4.69, 9.17) is 4.74 Å². The number of hydrogen-bond acceptors (Lipinski definition) is 5. The van der Waals surface area contributed by atoms with E-state index in [0.717, 1.165) is 23.6 Å². The van der Waals surface area contributed by atoms with Crippen molar-refractivity contribution in [3.8, 4) is 11.8 Å². The van der Waals surface area contributed by atoms with Gasteiger partial charge in [0, 0.05) is 28.9 Å². The van der Waals surface area contributed by atoms with Crippen molar-refractivity contribution < 1.29 is 14.6 Å². The van der Waals surface area contributed by atoms with Crippen LogP contribution in [0.2, 0.25) is 0 Å². The van der Waals surface area contributed by atoms with Crippen molar-refractivity contribution in [2.45, 2.75) is 26.3 Å². The number of anilines is 1. The summed E-state index contributed by atoms with van der Waals surface area (Å²) in [6.07, 6.45) is 3.54. The lowest BCUT2D eigenvalue weighted by Gasteiger charge is -2.11. The second-order valence-electron chi connectivity index (χ2n) is 5.35. The molecule has 3 aromatic rings. The fourth-order valence-corrected chi connectivity index (χ4v) is 3.05. The number of nitrogens with zero attached hydrogens (tertiary/aromatic N) is 2. The largest absolute Gasteiger partial charge is 0.494 e. The topological polar surface area (TPSA) is 76.4 Å². The summed E-state index contributed by atoms with van der Waals surface area (Å²) >= 11 is 1.35. The highest BCUT2D eigenvalue weighted by Crippen LogP contribution is 2.37. The van der Waals surface area contributed by atoms with Gasteiger partial charge in [-0.3, -0.25) is 14.7 Å². The molecule has 126 valence electrons. The van der Waals surface area contributed by atoms with Gasteiger partial charge in [-0.1, -0.05) is 25.5 Å². The maximum atomic E-state index is 12.0. The molecule has 0 fully saturated rings. The second-order valence-corrected chi connectivity index (χ2v) is 6.25. The molecule has 1 amide bonds. The highest BCUT2D eigenvalue weighted by molar-refractivity contribution is 7.13. The average Bonchev–Trinajstić information content (AvgIpc) is 3.18. The standard InChI is InChI=1S/C17H19N3O3S/c1-2-3-9-20-15(22)12-6-4-5-7-13(12)16(20)23-11-14(21)19-17-18-8-10-24-17/h4-8,10,22H,2-3,9,11H2,1H3,(H,18,19,21). The first-order valence-corrected chi connectivity index (χ1v) is 8.71. The van der Waals surface area contributed by atoms with Crippen LogP contribution in [0.3, 0.4) is 0 Å². The molecule has 3 rings (SSSR count). The summed E-state index contributed by atoms with van der Waals surface area (Å²) < 4.78 is 7.47. The molecular formula is C17H19N3O3S. The van der Waals surface area contributed by atoms with Gasteiger partial charge >= 0.3 is 0 Å². The summed E-state index contributed by atoms with van der Waals surface area (Å²) in [6, 6.07) is 7.47. The summed E-state index contributed by atoms with van der Waals surface area (Å²) in [5.41, 5.74) is 0. The number of carbonyl (C=O) groups excluding carboxylic acids is 1. The van der Waals surface area contributed by atoms with Crippen molar-refractivity contribution in [2.24, 2.45) is 0 Å². The van der Waals surface area contributed by atoms with Crippen LogP contribution in [0.15, 0.2) is 35.8 Å². The summed E-state index contributed by atoms with van der Waals surface area (Å²) in [5.74, 6) is 0.414. The van der Waals surface area contributed by atoms with Crippen LogP contribution in [0.25, 0.3) is 10.8 Å². The van der Waals surface area contributed by atoms with E-state index in [2.05, 4.69) is 17.2 Å². The summed E-state index contributed by atoms with van der Waals surface area (Å²) in [7, 11) is 0. The molecule has 2 heterocycles. The number of aromatic hydroxyl groups is 1. The minimum Gasteiger partial charge on any atom is -0.494 e. The first kappa shape index (κ1) is 16.3.